The number of hydrogen-bond donors (Lipinski definition) is 0. The van der Waals surface area contributed by atoms with E-state index in [1.54, 1.807) is 0 Å². The van der Waals surface area contributed by atoms with Crippen molar-refractivity contribution in [3.8, 4) is 0 Å². The van der Waals surface area contributed by atoms with E-state index in [1.165, 1.54) is 139 Å². The first-order valence-electron chi connectivity index (χ1n) is 14.0. The van der Waals surface area contributed by atoms with Gasteiger partial charge in [0.15, 0.2) is 0 Å². The minimum atomic E-state index is -0.428. The number of thioether (sulfide) groups is 2. The van der Waals surface area contributed by atoms with Crippen LogP contribution >= 0.6 is 23.5 Å². The van der Waals surface area contributed by atoms with E-state index in [0.29, 0.717) is 9.81 Å². The number of rotatable bonds is 24. The summed E-state index contributed by atoms with van der Waals surface area (Å²) >= 11 is 3.06. The topological polar surface area (TPSA) is 43.4 Å². The highest BCUT2D eigenvalue weighted by Crippen LogP contribution is 2.35. The fraction of sp³-hybridized carbons (Fsp3) is 0.857. The molecule has 1 aliphatic heterocycles. The lowest BCUT2D eigenvalue weighted by Gasteiger charge is -2.04. The quantitative estimate of drug-likeness (QED) is 0.0752. The number of cyclic esters (lactones) is 2. The van der Waals surface area contributed by atoms with E-state index in [4.69, 9.17) is 4.74 Å². The summed E-state index contributed by atoms with van der Waals surface area (Å²) in [6.07, 6.45) is 26.1. The molecule has 0 unspecified atom stereocenters. The van der Waals surface area contributed by atoms with E-state index >= 15 is 0 Å². The molecule has 0 bridgehead atoms. The number of hydrogen-bond acceptors (Lipinski definition) is 5. The Labute approximate surface area is 213 Å². The van der Waals surface area contributed by atoms with Crippen molar-refractivity contribution in [1.82, 2.24) is 0 Å². The molecule has 0 radical (unpaired) electrons. The van der Waals surface area contributed by atoms with Crippen LogP contribution in [0.2, 0.25) is 0 Å². The maximum atomic E-state index is 12.1. The van der Waals surface area contributed by atoms with Crippen molar-refractivity contribution in [2.24, 2.45) is 0 Å². The molecule has 33 heavy (non-hydrogen) atoms. The Kier molecular flexibility index (Phi) is 20.5. The summed E-state index contributed by atoms with van der Waals surface area (Å²) in [5.74, 6) is 0.942. The first kappa shape index (κ1) is 30.6. The molecule has 5 heteroatoms. The summed E-state index contributed by atoms with van der Waals surface area (Å²) in [6.45, 7) is 4.52. The van der Waals surface area contributed by atoms with Crippen LogP contribution in [0.15, 0.2) is 9.81 Å². The van der Waals surface area contributed by atoms with Crippen LogP contribution < -0.4 is 0 Å². The molecule has 0 aromatic rings. The third-order valence-corrected chi connectivity index (χ3v) is 8.68. The summed E-state index contributed by atoms with van der Waals surface area (Å²) in [7, 11) is 0. The average molecular weight is 499 g/mol. The van der Waals surface area contributed by atoms with Gasteiger partial charge in [0.2, 0.25) is 0 Å². The molecule has 0 saturated heterocycles. The molecule has 0 aromatic carbocycles. The average Bonchev–Trinajstić information content (AvgIpc) is 3.08. The van der Waals surface area contributed by atoms with Gasteiger partial charge in [-0.15, -0.1) is 23.5 Å². The van der Waals surface area contributed by atoms with Gasteiger partial charge in [-0.05, 0) is 24.3 Å². The Hall–Kier alpha value is -0.420. The van der Waals surface area contributed by atoms with Crippen molar-refractivity contribution < 1.29 is 14.3 Å². The Morgan fingerprint density at radius 1 is 0.455 bits per heavy atom. The van der Waals surface area contributed by atoms with Gasteiger partial charge >= 0.3 is 11.9 Å². The number of carbonyl (C=O) groups is 2. The molecular formula is C28H50O3S2. The van der Waals surface area contributed by atoms with Crippen LogP contribution in [0.25, 0.3) is 0 Å². The second-order valence-corrected chi connectivity index (χ2v) is 11.6. The summed E-state index contributed by atoms with van der Waals surface area (Å²) in [5, 5.41) is 0. The van der Waals surface area contributed by atoms with E-state index in [-0.39, 0.29) is 0 Å². The molecule has 0 fully saturated rings. The van der Waals surface area contributed by atoms with Crippen LogP contribution in [-0.2, 0) is 14.3 Å². The minimum absolute atomic E-state index is 0.428. The molecule has 1 rings (SSSR count). The van der Waals surface area contributed by atoms with Gasteiger partial charge in [-0.2, -0.15) is 0 Å². The lowest BCUT2D eigenvalue weighted by Crippen LogP contribution is -2.01. The number of unbranched alkanes of at least 4 members (excludes halogenated alkanes) is 18. The first-order valence-corrected chi connectivity index (χ1v) is 15.9. The summed E-state index contributed by atoms with van der Waals surface area (Å²) in [6, 6.07) is 0. The Bertz CT molecular complexity index is 499. The molecule has 3 nitrogen and oxygen atoms in total. The molecule has 192 valence electrons. The molecule has 1 heterocycles. The summed E-state index contributed by atoms with van der Waals surface area (Å²) in [5.41, 5.74) is 0. The zero-order valence-electron chi connectivity index (χ0n) is 21.6. The van der Waals surface area contributed by atoms with Gasteiger partial charge < -0.3 is 4.74 Å². The highest BCUT2D eigenvalue weighted by molar-refractivity contribution is 8.08. The molecular weight excluding hydrogens is 448 g/mol. The van der Waals surface area contributed by atoms with Gasteiger partial charge in [0.25, 0.3) is 0 Å². The SMILES string of the molecule is CCCCCCCCCCCCSC1=C(SCCCCCCCCCCCC)C(=O)OC1=O. The maximum Gasteiger partial charge on any atom is 0.353 e. The Balaban J connectivity index is 2.08. The maximum absolute atomic E-state index is 12.1. The number of carbonyl (C=O) groups excluding carboxylic acids is 2. The van der Waals surface area contributed by atoms with Crippen LogP contribution in [0.5, 0.6) is 0 Å². The van der Waals surface area contributed by atoms with Gasteiger partial charge in [-0.3, -0.25) is 0 Å². The number of esters is 2. The molecule has 0 spiro atoms. The fourth-order valence-corrected chi connectivity index (χ4v) is 6.35. The zero-order valence-corrected chi connectivity index (χ0v) is 23.2. The zero-order chi connectivity index (χ0) is 24.0. The predicted octanol–water partition coefficient (Wildman–Crippen LogP) is 9.59. The van der Waals surface area contributed by atoms with E-state index in [2.05, 4.69) is 13.8 Å². The van der Waals surface area contributed by atoms with Crippen LogP contribution in [0.4, 0.5) is 0 Å². The van der Waals surface area contributed by atoms with Gasteiger partial charge in [0, 0.05) is 0 Å². The standard InChI is InChI=1S/C28H50O3S2/c1-3-5-7-9-11-13-15-17-19-21-23-32-25-26(28(30)31-27(25)29)33-24-22-20-18-16-14-12-10-8-6-4-2/h3-24H2,1-2H3. The second-order valence-electron chi connectivity index (χ2n) is 9.40. The lowest BCUT2D eigenvalue weighted by molar-refractivity contribution is -0.150. The monoisotopic (exact) mass is 498 g/mol. The largest absolute Gasteiger partial charge is 0.385 e. The van der Waals surface area contributed by atoms with Crippen molar-refractivity contribution in [3.05, 3.63) is 9.81 Å². The molecule has 1 aliphatic rings. The molecule has 0 amide bonds. The molecule has 0 atom stereocenters. The Morgan fingerprint density at radius 3 is 1.03 bits per heavy atom. The van der Waals surface area contributed by atoms with E-state index in [0.717, 1.165) is 24.3 Å². The molecule has 0 aromatic heterocycles. The van der Waals surface area contributed by atoms with Crippen LogP contribution in [0.1, 0.15) is 142 Å². The fourth-order valence-electron chi connectivity index (χ4n) is 4.14. The van der Waals surface area contributed by atoms with Crippen molar-refractivity contribution in [2.75, 3.05) is 11.5 Å². The van der Waals surface area contributed by atoms with Crippen molar-refractivity contribution >= 4 is 35.5 Å². The van der Waals surface area contributed by atoms with Crippen LogP contribution in [0.3, 0.4) is 0 Å². The summed E-state index contributed by atoms with van der Waals surface area (Å²) in [4.78, 5) is 25.3. The highest BCUT2D eigenvalue weighted by atomic mass is 32.2. The normalized spacial score (nSPS) is 13.9. The Morgan fingerprint density at radius 2 is 0.727 bits per heavy atom. The van der Waals surface area contributed by atoms with Crippen molar-refractivity contribution in [1.29, 1.82) is 0 Å². The molecule has 0 saturated carbocycles. The van der Waals surface area contributed by atoms with Crippen LogP contribution in [-0.4, -0.2) is 23.4 Å². The smallest absolute Gasteiger partial charge is 0.353 e. The van der Waals surface area contributed by atoms with Gasteiger partial charge in [-0.1, -0.05) is 129 Å². The minimum Gasteiger partial charge on any atom is -0.385 e. The predicted molar refractivity (Wildman–Crippen MR) is 147 cm³/mol. The number of ether oxygens (including phenoxy) is 1. The van der Waals surface area contributed by atoms with E-state index in [1.807, 2.05) is 0 Å². The van der Waals surface area contributed by atoms with Crippen molar-refractivity contribution in [3.63, 3.8) is 0 Å². The van der Waals surface area contributed by atoms with E-state index in [9.17, 15) is 9.59 Å². The van der Waals surface area contributed by atoms with Gasteiger partial charge in [-0.25, -0.2) is 9.59 Å². The van der Waals surface area contributed by atoms with E-state index < -0.39 is 11.9 Å². The lowest BCUT2D eigenvalue weighted by atomic mass is 10.1. The first-order chi connectivity index (χ1) is 16.2. The molecule has 0 N–H and O–H groups in total. The van der Waals surface area contributed by atoms with Gasteiger partial charge in [0.1, 0.15) is 9.81 Å². The van der Waals surface area contributed by atoms with Gasteiger partial charge in [0.05, 0.1) is 0 Å². The highest BCUT2D eigenvalue weighted by Gasteiger charge is 2.33. The third-order valence-electron chi connectivity index (χ3n) is 6.25. The van der Waals surface area contributed by atoms with Crippen LogP contribution in [0, 0.1) is 0 Å². The summed E-state index contributed by atoms with van der Waals surface area (Å²) < 4.78 is 4.89. The van der Waals surface area contributed by atoms with Crippen molar-refractivity contribution in [2.45, 2.75) is 142 Å². The third kappa shape index (κ3) is 16.0. The molecule has 0 aliphatic carbocycles. The second kappa shape index (κ2) is 22.1.